The predicted octanol–water partition coefficient (Wildman–Crippen LogP) is 2.98. The van der Waals surface area contributed by atoms with Crippen LogP contribution in [0.4, 0.5) is 10.5 Å². The third kappa shape index (κ3) is 4.40. The van der Waals surface area contributed by atoms with E-state index in [1.54, 1.807) is 7.11 Å². The van der Waals surface area contributed by atoms with E-state index in [0.29, 0.717) is 39.1 Å². The first kappa shape index (κ1) is 22.1. The molecule has 5 rings (SSSR count). The number of methoxy groups -OCH3 is 1. The second-order valence-corrected chi connectivity index (χ2v) is 8.82. The number of carbonyl (C=O) groups excluding carboxylic acids is 2. The molecule has 178 valence electrons. The Labute approximate surface area is 199 Å². The van der Waals surface area contributed by atoms with Gasteiger partial charge in [0, 0.05) is 62.3 Å². The average molecular weight is 462 g/mol. The predicted molar refractivity (Wildman–Crippen MR) is 132 cm³/mol. The summed E-state index contributed by atoms with van der Waals surface area (Å²) in [5.41, 5.74) is 4.59. The number of aromatic amines is 1. The summed E-state index contributed by atoms with van der Waals surface area (Å²) in [5.74, 6) is 0.929. The van der Waals surface area contributed by atoms with Crippen molar-refractivity contribution in [2.24, 2.45) is 0 Å². The van der Waals surface area contributed by atoms with Crippen LogP contribution >= 0.6 is 0 Å². The number of H-pyrrole nitrogens is 1. The zero-order valence-corrected chi connectivity index (χ0v) is 19.5. The Morgan fingerprint density at radius 1 is 0.971 bits per heavy atom. The number of fused-ring (bicyclic) bond motifs is 3. The molecule has 0 bridgehead atoms. The van der Waals surface area contributed by atoms with Gasteiger partial charge in [-0.05, 0) is 30.2 Å². The molecule has 0 saturated carbocycles. The van der Waals surface area contributed by atoms with Gasteiger partial charge in [-0.25, -0.2) is 4.79 Å². The quantitative estimate of drug-likeness (QED) is 0.612. The van der Waals surface area contributed by atoms with Crippen LogP contribution in [0.5, 0.6) is 5.75 Å². The number of carbonyl (C=O) groups is 2. The van der Waals surface area contributed by atoms with Gasteiger partial charge in [-0.1, -0.05) is 30.3 Å². The summed E-state index contributed by atoms with van der Waals surface area (Å²) in [6, 6.07) is 16.1. The molecule has 1 fully saturated rings. The summed E-state index contributed by atoms with van der Waals surface area (Å²) in [6.45, 7) is 4.45. The van der Waals surface area contributed by atoms with Crippen LogP contribution in [-0.2, 0) is 17.8 Å². The van der Waals surface area contributed by atoms with Gasteiger partial charge in [0.2, 0.25) is 5.91 Å². The van der Waals surface area contributed by atoms with Crippen LogP contribution in [0.25, 0.3) is 10.9 Å². The third-order valence-corrected chi connectivity index (χ3v) is 6.84. The number of nitrogens with zero attached hydrogens (tertiary/aromatic N) is 3. The first-order chi connectivity index (χ1) is 16.6. The van der Waals surface area contributed by atoms with Crippen LogP contribution < -0.4 is 15.0 Å². The summed E-state index contributed by atoms with van der Waals surface area (Å²) in [6.07, 6.45) is 1.15. The molecule has 3 heterocycles. The average Bonchev–Trinajstić information content (AvgIpc) is 3.26. The van der Waals surface area contributed by atoms with E-state index in [9.17, 15) is 9.59 Å². The van der Waals surface area contributed by atoms with Crippen molar-refractivity contribution in [3.05, 3.63) is 59.8 Å². The number of nitrogens with one attached hydrogen (secondary N) is 2. The van der Waals surface area contributed by atoms with Crippen LogP contribution in [0.15, 0.2) is 48.5 Å². The molecule has 34 heavy (non-hydrogen) atoms. The second kappa shape index (κ2) is 9.67. The first-order valence-corrected chi connectivity index (χ1v) is 11.9. The minimum Gasteiger partial charge on any atom is -0.495 e. The highest BCUT2D eigenvalue weighted by atomic mass is 16.5. The molecule has 0 radical (unpaired) electrons. The SMILES string of the molecule is COc1ccccc1N1CCN(C(=O)CCNC(=O)N2CCc3c([nH]c4ccccc34)C2)CC1. The Kier molecular flexibility index (Phi) is 6.29. The number of amides is 3. The van der Waals surface area contributed by atoms with Gasteiger partial charge in [0.1, 0.15) is 5.75 Å². The monoisotopic (exact) mass is 461 g/mol. The minimum atomic E-state index is -0.113. The number of para-hydroxylation sites is 3. The lowest BCUT2D eigenvalue weighted by Crippen LogP contribution is -2.49. The van der Waals surface area contributed by atoms with Crippen molar-refractivity contribution in [2.45, 2.75) is 19.4 Å². The maximum Gasteiger partial charge on any atom is 0.317 e. The molecule has 8 nitrogen and oxygen atoms in total. The van der Waals surface area contributed by atoms with E-state index >= 15 is 0 Å². The molecule has 8 heteroatoms. The van der Waals surface area contributed by atoms with Crippen LogP contribution in [0.2, 0.25) is 0 Å². The maximum absolute atomic E-state index is 12.7. The summed E-state index contributed by atoms with van der Waals surface area (Å²) in [4.78, 5) is 34.8. The molecule has 0 unspecified atom stereocenters. The third-order valence-electron chi connectivity index (χ3n) is 6.84. The molecule has 2 aromatic carbocycles. The van der Waals surface area contributed by atoms with Gasteiger partial charge in [0.15, 0.2) is 0 Å². The number of piperazine rings is 1. The van der Waals surface area contributed by atoms with Gasteiger partial charge in [0.05, 0.1) is 19.3 Å². The lowest BCUT2D eigenvalue weighted by atomic mass is 10.0. The number of rotatable bonds is 5. The van der Waals surface area contributed by atoms with Crippen molar-refractivity contribution < 1.29 is 14.3 Å². The van der Waals surface area contributed by atoms with Gasteiger partial charge in [-0.3, -0.25) is 4.79 Å². The zero-order valence-electron chi connectivity index (χ0n) is 19.5. The van der Waals surface area contributed by atoms with Crippen molar-refractivity contribution >= 4 is 28.5 Å². The van der Waals surface area contributed by atoms with E-state index in [1.807, 2.05) is 46.2 Å². The van der Waals surface area contributed by atoms with Gasteiger partial charge >= 0.3 is 6.03 Å². The van der Waals surface area contributed by atoms with Crippen LogP contribution in [0.3, 0.4) is 0 Å². The number of anilines is 1. The van der Waals surface area contributed by atoms with Crippen LogP contribution in [0.1, 0.15) is 17.7 Å². The molecule has 2 aliphatic rings. The lowest BCUT2D eigenvalue weighted by molar-refractivity contribution is -0.131. The van der Waals surface area contributed by atoms with E-state index in [0.717, 1.165) is 42.2 Å². The molecule has 0 atom stereocenters. The van der Waals surface area contributed by atoms with Crippen LogP contribution in [0, 0.1) is 0 Å². The van der Waals surface area contributed by atoms with E-state index < -0.39 is 0 Å². The molecular formula is C26H31N5O3. The van der Waals surface area contributed by atoms with E-state index in [1.165, 1.54) is 10.9 Å². The Morgan fingerprint density at radius 2 is 1.74 bits per heavy atom. The number of aromatic nitrogens is 1. The Bertz CT molecular complexity index is 1180. The van der Waals surface area contributed by atoms with Gasteiger partial charge in [-0.2, -0.15) is 0 Å². The van der Waals surface area contributed by atoms with Crippen LogP contribution in [-0.4, -0.2) is 73.1 Å². The smallest absolute Gasteiger partial charge is 0.317 e. The van der Waals surface area contributed by atoms with E-state index in [-0.39, 0.29) is 11.9 Å². The molecule has 1 saturated heterocycles. The summed E-state index contributed by atoms with van der Waals surface area (Å²) >= 11 is 0. The van der Waals surface area contributed by atoms with Gasteiger partial charge < -0.3 is 29.7 Å². The molecule has 2 N–H and O–H groups in total. The van der Waals surface area contributed by atoms with Crippen molar-refractivity contribution in [3.8, 4) is 5.75 Å². The number of benzene rings is 2. The summed E-state index contributed by atoms with van der Waals surface area (Å²) in [5, 5.41) is 4.18. The Morgan fingerprint density at radius 3 is 2.56 bits per heavy atom. The molecule has 3 amide bonds. The Hall–Kier alpha value is -3.68. The number of hydrogen-bond acceptors (Lipinski definition) is 4. The standard InChI is InChI=1S/C26H31N5O3/c1-34-24-9-5-4-8-23(24)29-14-16-30(17-15-29)25(32)10-12-27-26(33)31-13-11-20-19-6-2-3-7-21(19)28-22(20)18-31/h2-9,28H,10-18H2,1H3,(H,27,33). The Balaban J connectivity index is 1.08. The van der Waals surface area contributed by atoms with Gasteiger partial charge in [-0.15, -0.1) is 0 Å². The zero-order chi connectivity index (χ0) is 23.5. The number of urea groups is 1. The maximum atomic E-state index is 12.7. The summed E-state index contributed by atoms with van der Waals surface area (Å²) in [7, 11) is 1.68. The molecule has 1 aromatic heterocycles. The minimum absolute atomic E-state index is 0.0801. The fraction of sp³-hybridized carbons (Fsp3) is 0.385. The summed E-state index contributed by atoms with van der Waals surface area (Å²) < 4.78 is 5.46. The fourth-order valence-corrected chi connectivity index (χ4v) is 5.00. The molecule has 0 aliphatic carbocycles. The first-order valence-electron chi connectivity index (χ1n) is 11.9. The highest BCUT2D eigenvalue weighted by molar-refractivity contribution is 5.85. The molecule has 2 aliphatic heterocycles. The lowest BCUT2D eigenvalue weighted by Gasteiger charge is -2.36. The van der Waals surface area contributed by atoms with E-state index in [4.69, 9.17) is 4.74 Å². The van der Waals surface area contributed by atoms with Crippen molar-refractivity contribution in [1.82, 2.24) is 20.1 Å². The normalized spacial score (nSPS) is 15.9. The number of hydrogen-bond donors (Lipinski definition) is 2. The topological polar surface area (TPSA) is 80.9 Å². The fourth-order valence-electron chi connectivity index (χ4n) is 5.00. The molecule has 3 aromatic rings. The van der Waals surface area contributed by atoms with E-state index in [2.05, 4.69) is 27.3 Å². The van der Waals surface area contributed by atoms with Crippen molar-refractivity contribution in [3.63, 3.8) is 0 Å². The molecular weight excluding hydrogens is 430 g/mol. The highest BCUT2D eigenvalue weighted by Crippen LogP contribution is 2.29. The van der Waals surface area contributed by atoms with Crippen molar-refractivity contribution in [1.29, 1.82) is 0 Å². The largest absolute Gasteiger partial charge is 0.495 e. The number of ether oxygens (including phenoxy) is 1. The highest BCUT2D eigenvalue weighted by Gasteiger charge is 2.25. The molecule has 0 spiro atoms. The van der Waals surface area contributed by atoms with Crippen molar-refractivity contribution in [2.75, 3.05) is 51.3 Å². The van der Waals surface area contributed by atoms with Gasteiger partial charge in [0.25, 0.3) is 0 Å². The second-order valence-electron chi connectivity index (χ2n) is 8.82.